The molecular weight excluding hydrogens is 272 g/mol. The highest BCUT2D eigenvalue weighted by atomic mass is 16.5. The van der Waals surface area contributed by atoms with Crippen molar-refractivity contribution in [1.82, 2.24) is 9.88 Å². The van der Waals surface area contributed by atoms with Crippen LogP contribution in [0.5, 0.6) is 5.75 Å². The predicted molar refractivity (Wildman–Crippen MR) is 94.8 cm³/mol. The monoisotopic (exact) mass is 302 g/mol. The van der Waals surface area contributed by atoms with Crippen LogP contribution >= 0.6 is 0 Å². The van der Waals surface area contributed by atoms with E-state index in [0.29, 0.717) is 12.1 Å². The molecule has 0 aliphatic heterocycles. The van der Waals surface area contributed by atoms with E-state index in [0.717, 1.165) is 12.3 Å². The molecule has 0 amide bonds. The molecule has 0 spiro atoms. The average molecular weight is 302 g/mol. The standard InChI is InChI=1S/C19H30N2O/c1-12(2)20-11-18-15(7)21(13(3)4)19-9-8-16(10-17(18)19)22-14(5)6/h8-10,12-14,20H,11H2,1-7H3. The molecule has 122 valence electrons. The molecule has 0 fully saturated rings. The molecule has 22 heavy (non-hydrogen) atoms. The molecule has 0 radical (unpaired) electrons. The summed E-state index contributed by atoms with van der Waals surface area (Å²) in [7, 11) is 0. The number of nitrogens with one attached hydrogen (secondary N) is 1. The van der Waals surface area contributed by atoms with E-state index in [1.807, 2.05) is 0 Å². The Hall–Kier alpha value is -1.48. The molecule has 0 aliphatic carbocycles. The van der Waals surface area contributed by atoms with Crippen LogP contribution in [0.15, 0.2) is 18.2 Å². The normalized spacial score (nSPS) is 12.1. The maximum Gasteiger partial charge on any atom is 0.120 e. The molecule has 1 N–H and O–H groups in total. The Bertz CT molecular complexity index is 638. The number of nitrogens with zero attached hydrogens (tertiary/aromatic N) is 1. The highest BCUT2D eigenvalue weighted by Crippen LogP contribution is 2.32. The number of ether oxygens (including phenoxy) is 1. The van der Waals surface area contributed by atoms with Crippen molar-refractivity contribution in [2.75, 3.05) is 0 Å². The summed E-state index contributed by atoms with van der Waals surface area (Å²) in [4.78, 5) is 0. The van der Waals surface area contributed by atoms with Crippen molar-refractivity contribution < 1.29 is 4.74 Å². The zero-order valence-corrected chi connectivity index (χ0v) is 15.0. The Morgan fingerprint density at radius 1 is 1.09 bits per heavy atom. The van der Waals surface area contributed by atoms with Crippen molar-refractivity contribution in [3.8, 4) is 5.75 Å². The minimum absolute atomic E-state index is 0.197. The molecule has 0 unspecified atom stereocenters. The van der Waals surface area contributed by atoms with Crippen LogP contribution in [0.25, 0.3) is 10.9 Å². The van der Waals surface area contributed by atoms with Crippen LogP contribution in [-0.2, 0) is 6.54 Å². The van der Waals surface area contributed by atoms with Gasteiger partial charge in [-0.1, -0.05) is 13.8 Å². The van der Waals surface area contributed by atoms with Gasteiger partial charge in [0.05, 0.1) is 6.10 Å². The highest BCUT2D eigenvalue weighted by Gasteiger charge is 2.16. The minimum Gasteiger partial charge on any atom is -0.491 e. The van der Waals surface area contributed by atoms with Crippen molar-refractivity contribution in [2.45, 2.75) is 73.2 Å². The first kappa shape index (κ1) is 16.9. The van der Waals surface area contributed by atoms with Gasteiger partial charge >= 0.3 is 0 Å². The van der Waals surface area contributed by atoms with Crippen LogP contribution in [0, 0.1) is 6.92 Å². The zero-order valence-electron chi connectivity index (χ0n) is 15.0. The first-order chi connectivity index (χ1) is 10.3. The number of hydrogen-bond acceptors (Lipinski definition) is 2. The molecule has 0 bridgehead atoms. The van der Waals surface area contributed by atoms with Crippen molar-refractivity contribution in [3.63, 3.8) is 0 Å². The Morgan fingerprint density at radius 3 is 2.32 bits per heavy atom. The number of benzene rings is 1. The van der Waals surface area contributed by atoms with Crippen LogP contribution in [0.4, 0.5) is 0 Å². The van der Waals surface area contributed by atoms with E-state index in [2.05, 4.69) is 76.5 Å². The molecule has 3 nitrogen and oxygen atoms in total. The molecule has 2 aromatic rings. The molecule has 1 heterocycles. The highest BCUT2D eigenvalue weighted by molar-refractivity contribution is 5.87. The van der Waals surface area contributed by atoms with E-state index < -0.39 is 0 Å². The topological polar surface area (TPSA) is 26.2 Å². The number of aromatic nitrogens is 1. The molecule has 1 aromatic heterocycles. The zero-order chi connectivity index (χ0) is 16.4. The summed E-state index contributed by atoms with van der Waals surface area (Å²) in [5, 5.41) is 4.86. The van der Waals surface area contributed by atoms with Gasteiger partial charge in [0, 0.05) is 35.2 Å². The van der Waals surface area contributed by atoms with Gasteiger partial charge < -0.3 is 14.6 Å². The van der Waals surface area contributed by atoms with Gasteiger partial charge in [-0.25, -0.2) is 0 Å². The quantitative estimate of drug-likeness (QED) is 0.828. The molecular formula is C19H30N2O. The van der Waals surface area contributed by atoms with Crippen molar-refractivity contribution in [1.29, 1.82) is 0 Å². The maximum absolute atomic E-state index is 5.88. The van der Waals surface area contributed by atoms with E-state index in [4.69, 9.17) is 4.74 Å². The van der Waals surface area contributed by atoms with Crippen LogP contribution in [0.1, 0.15) is 58.8 Å². The predicted octanol–water partition coefficient (Wildman–Crippen LogP) is 4.82. The van der Waals surface area contributed by atoms with E-state index in [1.54, 1.807) is 0 Å². The van der Waals surface area contributed by atoms with Crippen molar-refractivity contribution >= 4 is 10.9 Å². The van der Waals surface area contributed by atoms with E-state index in [-0.39, 0.29) is 6.10 Å². The molecule has 0 atom stereocenters. The smallest absolute Gasteiger partial charge is 0.120 e. The van der Waals surface area contributed by atoms with Crippen molar-refractivity contribution in [3.05, 3.63) is 29.5 Å². The number of rotatable bonds is 6. The lowest BCUT2D eigenvalue weighted by atomic mass is 10.1. The SMILES string of the molecule is Cc1c(CNC(C)C)c2cc(OC(C)C)ccc2n1C(C)C. The van der Waals surface area contributed by atoms with Crippen LogP contribution in [0.3, 0.4) is 0 Å². The minimum atomic E-state index is 0.197. The van der Waals surface area contributed by atoms with Gasteiger partial charge in [0.25, 0.3) is 0 Å². The summed E-state index contributed by atoms with van der Waals surface area (Å²) < 4.78 is 8.31. The second kappa shape index (κ2) is 6.74. The first-order valence-corrected chi connectivity index (χ1v) is 8.34. The lowest BCUT2D eigenvalue weighted by molar-refractivity contribution is 0.243. The van der Waals surface area contributed by atoms with Crippen LogP contribution in [-0.4, -0.2) is 16.7 Å². The van der Waals surface area contributed by atoms with E-state index in [1.165, 1.54) is 22.2 Å². The summed E-state index contributed by atoms with van der Waals surface area (Å²) in [6, 6.07) is 7.40. The third kappa shape index (κ3) is 3.46. The summed E-state index contributed by atoms with van der Waals surface area (Å²) in [6.07, 6.45) is 0.197. The summed E-state index contributed by atoms with van der Waals surface area (Å²) in [5.74, 6) is 0.953. The third-order valence-electron chi connectivity index (χ3n) is 3.93. The molecule has 3 heteroatoms. The number of hydrogen-bond donors (Lipinski definition) is 1. The van der Waals surface area contributed by atoms with Crippen molar-refractivity contribution in [2.24, 2.45) is 0 Å². The fraction of sp³-hybridized carbons (Fsp3) is 0.579. The summed E-state index contributed by atoms with van der Waals surface area (Å²) in [6.45, 7) is 16.1. The first-order valence-electron chi connectivity index (χ1n) is 8.34. The third-order valence-corrected chi connectivity index (χ3v) is 3.93. The average Bonchev–Trinajstić information content (AvgIpc) is 2.67. The van der Waals surface area contributed by atoms with E-state index >= 15 is 0 Å². The molecule has 0 saturated heterocycles. The van der Waals surface area contributed by atoms with Crippen LogP contribution in [0.2, 0.25) is 0 Å². The van der Waals surface area contributed by atoms with Gasteiger partial charge in [-0.2, -0.15) is 0 Å². The van der Waals surface area contributed by atoms with Gasteiger partial charge in [0.15, 0.2) is 0 Å². The Balaban J connectivity index is 2.55. The molecule has 2 rings (SSSR count). The van der Waals surface area contributed by atoms with Gasteiger partial charge in [0.2, 0.25) is 0 Å². The number of fused-ring (bicyclic) bond motifs is 1. The summed E-state index contributed by atoms with van der Waals surface area (Å²) >= 11 is 0. The fourth-order valence-corrected chi connectivity index (χ4v) is 3.03. The Labute approximate surface area is 134 Å². The Kier molecular flexibility index (Phi) is 5.17. The second-order valence-corrected chi connectivity index (χ2v) is 6.91. The van der Waals surface area contributed by atoms with Gasteiger partial charge in [-0.3, -0.25) is 0 Å². The van der Waals surface area contributed by atoms with Gasteiger partial charge in [0.1, 0.15) is 5.75 Å². The lowest BCUT2D eigenvalue weighted by Crippen LogP contribution is -2.22. The largest absolute Gasteiger partial charge is 0.491 e. The van der Waals surface area contributed by atoms with Gasteiger partial charge in [-0.15, -0.1) is 0 Å². The van der Waals surface area contributed by atoms with Crippen LogP contribution < -0.4 is 10.1 Å². The van der Waals surface area contributed by atoms with Gasteiger partial charge in [-0.05, 0) is 58.4 Å². The molecule has 1 aromatic carbocycles. The maximum atomic E-state index is 5.88. The Morgan fingerprint density at radius 2 is 1.77 bits per heavy atom. The fourth-order valence-electron chi connectivity index (χ4n) is 3.03. The lowest BCUT2D eigenvalue weighted by Gasteiger charge is -2.13. The second-order valence-electron chi connectivity index (χ2n) is 6.91. The summed E-state index contributed by atoms with van der Waals surface area (Å²) in [5.41, 5.74) is 4.02. The molecule has 0 saturated carbocycles. The molecule has 0 aliphatic rings. The van der Waals surface area contributed by atoms with E-state index in [9.17, 15) is 0 Å².